The monoisotopic (exact) mass is 413 g/mol. The van der Waals surface area contributed by atoms with E-state index in [0.29, 0.717) is 25.1 Å². The highest BCUT2D eigenvalue weighted by Crippen LogP contribution is 2.20. The van der Waals surface area contributed by atoms with Gasteiger partial charge < -0.3 is 16.0 Å². The lowest BCUT2D eigenvalue weighted by atomic mass is 10.0. The Morgan fingerprint density at radius 3 is 2.69 bits per heavy atom. The van der Waals surface area contributed by atoms with Crippen LogP contribution in [-0.2, 0) is 4.79 Å². The second-order valence-corrected chi connectivity index (χ2v) is 6.99. The molecule has 0 saturated carbocycles. The predicted molar refractivity (Wildman–Crippen MR) is 108 cm³/mol. The van der Waals surface area contributed by atoms with E-state index in [1.807, 2.05) is 6.92 Å². The van der Waals surface area contributed by atoms with Crippen molar-refractivity contribution in [2.24, 2.45) is 4.99 Å². The molecule has 1 saturated heterocycles. The average molecular weight is 413 g/mol. The molecule has 0 aliphatic carbocycles. The van der Waals surface area contributed by atoms with E-state index >= 15 is 0 Å². The third kappa shape index (κ3) is 6.92. The van der Waals surface area contributed by atoms with Crippen molar-refractivity contribution in [1.82, 2.24) is 15.5 Å². The molecule has 0 spiro atoms. The number of likely N-dealkylation sites (tertiary alicyclic amines) is 1. The maximum Gasteiger partial charge on any atom is 0.246 e. The Morgan fingerprint density at radius 1 is 1.17 bits per heavy atom. The topological polar surface area (TPSA) is 68.8 Å². The minimum absolute atomic E-state index is 0.283. The van der Waals surface area contributed by atoms with Crippen molar-refractivity contribution in [2.45, 2.75) is 45.6 Å². The molecule has 1 heterocycles. The van der Waals surface area contributed by atoms with Crippen LogP contribution in [0, 0.1) is 17.5 Å². The molecule has 1 aliphatic rings. The molecular formula is C20H30F3N5O. The van der Waals surface area contributed by atoms with Crippen LogP contribution in [0.5, 0.6) is 0 Å². The zero-order valence-electron chi connectivity index (χ0n) is 17.0. The third-order valence-corrected chi connectivity index (χ3v) is 4.95. The average Bonchev–Trinajstić information content (AvgIpc) is 2.72. The quantitative estimate of drug-likeness (QED) is 0.348. The number of nitrogens with one attached hydrogen (secondary N) is 3. The maximum absolute atomic E-state index is 13.7. The van der Waals surface area contributed by atoms with Gasteiger partial charge >= 0.3 is 0 Å². The zero-order valence-corrected chi connectivity index (χ0v) is 17.0. The summed E-state index contributed by atoms with van der Waals surface area (Å²) < 4.78 is 39.9. The number of guanidine groups is 1. The lowest BCUT2D eigenvalue weighted by Gasteiger charge is -2.35. The summed E-state index contributed by atoms with van der Waals surface area (Å²) in [5.74, 6) is -4.52. The first kappa shape index (κ1) is 23.0. The zero-order chi connectivity index (χ0) is 21.2. The summed E-state index contributed by atoms with van der Waals surface area (Å²) >= 11 is 0. The molecule has 9 heteroatoms. The summed E-state index contributed by atoms with van der Waals surface area (Å²) in [6.45, 7) is 7.11. The predicted octanol–water partition coefficient (Wildman–Crippen LogP) is 2.86. The van der Waals surface area contributed by atoms with Gasteiger partial charge in [0, 0.05) is 25.7 Å². The van der Waals surface area contributed by atoms with Crippen LogP contribution >= 0.6 is 0 Å². The Morgan fingerprint density at radius 2 is 1.97 bits per heavy atom. The molecule has 1 fully saturated rings. The summed E-state index contributed by atoms with van der Waals surface area (Å²) in [6, 6.07) is 2.34. The van der Waals surface area contributed by atoms with Crippen LogP contribution in [0.25, 0.3) is 0 Å². The van der Waals surface area contributed by atoms with Crippen molar-refractivity contribution >= 4 is 17.6 Å². The summed E-state index contributed by atoms with van der Waals surface area (Å²) in [4.78, 5) is 18.7. The van der Waals surface area contributed by atoms with E-state index in [4.69, 9.17) is 0 Å². The first-order chi connectivity index (χ1) is 14.0. The van der Waals surface area contributed by atoms with Gasteiger partial charge in [-0.15, -0.1) is 0 Å². The van der Waals surface area contributed by atoms with Gasteiger partial charge in [0.1, 0.15) is 6.54 Å². The first-order valence-electron chi connectivity index (χ1n) is 10.2. The fourth-order valence-electron chi connectivity index (χ4n) is 3.44. The Bertz CT molecular complexity index is 714. The lowest BCUT2D eigenvalue weighted by molar-refractivity contribution is -0.114. The van der Waals surface area contributed by atoms with Gasteiger partial charge in [0.2, 0.25) is 5.91 Å². The molecule has 6 nitrogen and oxygen atoms in total. The van der Waals surface area contributed by atoms with Gasteiger partial charge in [0.05, 0.1) is 5.69 Å². The van der Waals surface area contributed by atoms with Crippen LogP contribution in [0.3, 0.4) is 0 Å². The molecule has 1 unspecified atom stereocenters. The van der Waals surface area contributed by atoms with Crippen LogP contribution in [-0.4, -0.2) is 55.5 Å². The van der Waals surface area contributed by atoms with E-state index in [1.54, 1.807) is 0 Å². The normalized spacial score (nSPS) is 17.8. The van der Waals surface area contributed by atoms with E-state index in [-0.39, 0.29) is 6.54 Å². The summed E-state index contributed by atoms with van der Waals surface area (Å²) in [7, 11) is 0. The molecule has 1 atom stereocenters. The fourth-order valence-corrected chi connectivity index (χ4v) is 3.44. The third-order valence-electron chi connectivity index (χ3n) is 4.95. The number of carbonyl (C=O) groups is 1. The van der Waals surface area contributed by atoms with Gasteiger partial charge in [-0.3, -0.25) is 9.69 Å². The Hall–Kier alpha value is -2.29. The molecule has 0 radical (unpaired) electrons. The number of benzene rings is 1. The Kier molecular flexibility index (Phi) is 9.24. The van der Waals surface area contributed by atoms with Gasteiger partial charge in [0.25, 0.3) is 0 Å². The number of piperidine rings is 1. The largest absolute Gasteiger partial charge is 0.357 e. The second kappa shape index (κ2) is 11.6. The second-order valence-electron chi connectivity index (χ2n) is 6.99. The fraction of sp³-hybridized carbons (Fsp3) is 0.600. The molecule has 3 N–H and O–H groups in total. The van der Waals surface area contributed by atoms with Crippen molar-refractivity contribution in [3.05, 3.63) is 29.6 Å². The molecule has 0 bridgehead atoms. The number of amides is 1. The number of nitrogens with zero attached hydrogens (tertiary/aromatic N) is 2. The summed E-state index contributed by atoms with van der Waals surface area (Å²) in [6.07, 6.45) is 4.85. The standard InChI is InChI=1S/C20H30F3N5O/c1-3-14-7-5-6-11-28(14)12-10-25-20(24-4-2)26-13-17(29)27-16-9-8-15(21)18(22)19(16)23/h8-9,14H,3-7,10-13H2,1-2H3,(H,27,29)(H2,24,25,26). The molecule has 0 aromatic heterocycles. The number of hydrogen-bond donors (Lipinski definition) is 3. The van der Waals surface area contributed by atoms with Crippen LogP contribution in [0.15, 0.2) is 17.1 Å². The highest BCUT2D eigenvalue weighted by Gasteiger charge is 2.20. The van der Waals surface area contributed by atoms with Crippen molar-refractivity contribution in [3.63, 3.8) is 0 Å². The highest BCUT2D eigenvalue weighted by molar-refractivity contribution is 5.94. The van der Waals surface area contributed by atoms with E-state index in [0.717, 1.165) is 31.6 Å². The van der Waals surface area contributed by atoms with Gasteiger partial charge in [-0.05, 0) is 44.9 Å². The molecule has 162 valence electrons. The molecule has 29 heavy (non-hydrogen) atoms. The minimum Gasteiger partial charge on any atom is -0.357 e. The molecule has 1 aromatic rings. The molecule has 1 aromatic carbocycles. The van der Waals surface area contributed by atoms with E-state index in [1.165, 1.54) is 19.3 Å². The minimum atomic E-state index is -1.62. The van der Waals surface area contributed by atoms with Crippen molar-refractivity contribution in [3.8, 4) is 0 Å². The number of halogens is 3. The first-order valence-corrected chi connectivity index (χ1v) is 10.2. The maximum atomic E-state index is 13.7. The molecule has 1 amide bonds. The van der Waals surface area contributed by atoms with Gasteiger partial charge in [-0.25, -0.2) is 18.2 Å². The van der Waals surface area contributed by atoms with E-state index in [9.17, 15) is 18.0 Å². The summed E-state index contributed by atoms with van der Waals surface area (Å²) in [5.41, 5.74) is -0.419. The number of hydrogen-bond acceptors (Lipinski definition) is 3. The van der Waals surface area contributed by atoms with Crippen molar-refractivity contribution < 1.29 is 18.0 Å². The lowest BCUT2D eigenvalue weighted by Crippen LogP contribution is -2.46. The number of anilines is 1. The van der Waals surface area contributed by atoms with Crippen molar-refractivity contribution in [2.75, 3.05) is 38.0 Å². The smallest absolute Gasteiger partial charge is 0.246 e. The van der Waals surface area contributed by atoms with Gasteiger partial charge in [-0.2, -0.15) is 0 Å². The van der Waals surface area contributed by atoms with Crippen LogP contribution in [0.4, 0.5) is 18.9 Å². The highest BCUT2D eigenvalue weighted by atomic mass is 19.2. The molecule has 2 rings (SSSR count). The van der Waals surface area contributed by atoms with Gasteiger partial charge in [0.15, 0.2) is 23.4 Å². The summed E-state index contributed by atoms with van der Waals surface area (Å²) in [5, 5.41) is 8.45. The molecular weight excluding hydrogens is 383 g/mol. The van der Waals surface area contributed by atoms with E-state index < -0.39 is 29.0 Å². The van der Waals surface area contributed by atoms with Crippen LogP contribution < -0.4 is 16.0 Å². The molecule has 1 aliphatic heterocycles. The van der Waals surface area contributed by atoms with Gasteiger partial charge in [-0.1, -0.05) is 13.3 Å². The number of aliphatic imine (C=N–C) groups is 1. The van der Waals surface area contributed by atoms with Crippen molar-refractivity contribution in [1.29, 1.82) is 0 Å². The van der Waals surface area contributed by atoms with Crippen LogP contribution in [0.1, 0.15) is 39.5 Å². The van der Waals surface area contributed by atoms with Crippen LogP contribution in [0.2, 0.25) is 0 Å². The van der Waals surface area contributed by atoms with E-state index in [2.05, 4.69) is 32.8 Å². The Labute approximate surface area is 169 Å². The number of carbonyl (C=O) groups excluding carboxylic acids is 1. The Balaban J connectivity index is 1.86. The number of rotatable bonds is 8. The SMILES string of the molecule is CCNC(=NCC(=O)Nc1ccc(F)c(F)c1F)NCCN1CCCCC1CC.